The van der Waals surface area contributed by atoms with E-state index in [-0.39, 0.29) is 18.7 Å². The van der Waals surface area contributed by atoms with Crippen LogP contribution in [0.1, 0.15) is 28.2 Å². The van der Waals surface area contributed by atoms with Gasteiger partial charge in [-0.2, -0.15) is 5.26 Å². The fraction of sp³-hybridized carbons (Fsp3) is 0.167. The maximum Gasteiger partial charge on any atom is 0.411 e. The first kappa shape index (κ1) is 27.4. The van der Waals surface area contributed by atoms with E-state index in [0.29, 0.717) is 39.1 Å². The summed E-state index contributed by atoms with van der Waals surface area (Å²) in [7, 11) is 1.78. The van der Waals surface area contributed by atoms with E-state index in [0.717, 1.165) is 22.3 Å². The Morgan fingerprint density at radius 1 is 1.10 bits per heavy atom. The number of ether oxygens (including phenoxy) is 2. The normalized spacial score (nSPS) is 10.9. The first-order valence-corrected chi connectivity index (χ1v) is 12.9. The number of hydrogen-bond donors (Lipinski definition) is 1. The van der Waals surface area contributed by atoms with Gasteiger partial charge in [-0.1, -0.05) is 23.7 Å². The van der Waals surface area contributed by atoms with Crippen molar-refractivity contribution < 1.29 is 14.3 Å². The molecule has 0 radical (unpaired) electrons. The molecule has 0 atom stereocenters. The summed E-state index contributed by atoms with van der Waals surface area (Å²) in [6.07, 6.45) is 0.712. The Balaban J connectivity index is 1.52. The lowest BCUT2D eigenvalue weighted by Crippen LogP contribution is -2.23. The molecule has 1 amide bonds. The molecule has 11 heteroatoms. The van der Waals surface area contributed by atoms with Gasteiger partial charge in [0.2, 0.25) is 5.88 Å². The number of fused-ring (bicyclic) bond motifs is 1. The number of primary amides is 1. The average Bonchev–Trinajstić information content (AvgIpc) is 3.27. The summed E-state index contributed by atoms with van der Waals surface area (Å²) in [5.41, 5.74) is 9.77. The topological polar surface area (TPSA) is 138 Å². The first-order chi connectivity index (χ1) is 19.7. The van der Waals surface area contributed by atoms with Crippen LogP contribution in [-0.4, -0.2) is 25.2 Å². The largest absolute Gasteiger partial charge is 0.486 e. The summed E-state index contributed by atoms with van der Waals surface area (Å²) < 4.78 is 14.6. The van der Waals surface area contributed by atoms with Gasteiger partial charge in [-0.25, -0.2) is 9.78 Å². The van der Waals surface area contributed by atoms with Gasteiger partial charge in [0.25, 0.3) is 5.56 Å². The van der Waals surface area contributed by atoms with Crippen LogP contribution < -0.4 is 20.8 Å². The van der Waals surface area contributed by atoms with Gasteiger partial charge < -0.3 is 24.3 Å². The zero-order valence-corrected chi connectivity index (χ0v) is 23.3. The number of aromatic nitrogens is 4. The van der Waals surface area contributed by atoms with E-state index in [1.807, 2.05) is 50.2 Å². The lowest BCUT2D eigenvalue weighted by atomic mass is 10.0. The molecular formula is C30H25ClN6O4. The summed E-state index contributed by atoms with van der Waals surface area (Å²) in [6, 6.07) is 17.9. The molecule has 0 unspecified atom stereocenters. The Hall–Kier alpha value is -5.14. The fourth-order valence-corrected chi connectivity index (χ4v) is 5.03. The zero-order valence-electron chi connectivity index (χ0n) is 22.5. The van der Waals surface area contributed by atoms with Crippen LogP contribution in [0.5, 0.6) is 11.6 Å². The molecule has 0 saturated carbocycles. The molecule has 5 rings (SSSR count). The minimum Gasteiger partial charge on any atom is -0.486 e. The van der Waals surface area contributed by atoms with E-state index in [9.17, 15) is 14.9 Å². The smallest absolute Gasteiger partial charge is 0.411 e. The second kappa shape index (κ2) is 11.2. The molecule has 0 aliphatic carbocycles. The summed E-state index contributed by atoms with van der Waals surface area (Å²) in [5, 5.41) is 10.5. The van der Waals surface area contributed by atoms with Crippen molar-refractivity contribution in [1.29, 1.82) is 5.26 Å². The highest BCUT2D eigenvalue weighted by atomic mass is 35.5. The van der Waals surface area contributed by atoms with Crippen molar-refractivity contribution in [3.05, 3.63) is 104 Å². The van der Waals surface area contributed by atoms with Crippen LogP contribution in [0.4, 0.5) is 4.79 Å². The van der Waals surface area contributed by atoms with Gasteiger partial charge in [-0.05, 0) is 50.2 Å². The van der Waals surface area contributed by atoms with Crippen molar-refractivity contribution in [2.45, 2.75) is 27.0 Å². The molecule has 0 aliphatic rings. The van der Waals surface area contributed by atoms with Crippen LogP contribution in [-0.2, 0) is 20.2 Å². The highest BCUT2D eigenvalue weighted by Crippen LogP contribution is 2.35. The van der Waals surface area contributed by atoms with Crippen LogP contribution in [0, 0.1) is 25.2 Å². The van der Waals surface area contributed by atoms with Crippen LogP contribution in [0.15, 0.2) is 65.6 Å². The summed E-state index contributed by atoms with van der Waals surface area (Å²) >= 11 is 6.65. The predicted octanol–water partition coefficient (Wildman–Crippen LogP) is 5.02. The monoisotopic (exact) mass is 568 g/mol. The highest BCUT2D eigenvalue weighted by molar-refractivity contribution is 6.31. The summed E-state index contributed by atoms with van der Waals surface area (Å²) in [6.45, 7) is 3.89. The van der Waals surface area contributed by atoms with Crippen LogP contribution in [0.2, 0.25) is 5.02 Å². The maximum absolute atomic E-state index is 12.7. The van der Waals surface area contributed by atoms with Gasteiger partial charge in [-0.15, -0.1) is 0 Å². The molecule has 2 N–H and O–H groups in total. The number of carbonyl (C=O) groups excluding carboxylic acids is 1. The van der Waals surface area contributed by atoms with Gasteiger partial charge in [0, 0.05) is 47.2 Å². The fourth-order valence-electron chi connectivity index (χ4n) is 4.71. The molecule has 206 valence electrons. The highest BCUT2D eigenvalue weighted by Gasteiger charge is 2.18. The Bertz CT molecular complexity index is 1920. The second-order valence-corrected chi connectivity index (χ2v) is 9.83. The Morgan fingerprint density at radius 3 is 2.63 bits per heavy atom. The molecular weight excluding hydrogens is 544 g/mol. The van der Waals surface area contributed by atoms with Crippen molar-refractivity contribution in [2.75, 3.05) is 0 Å². The van der Waals surface area contributed by atoms with Crippen LogP contribution >= 0.6 is 11.6 Å². The molecule has 4 aromatic heterocycles. The number of nitriles is 1. The number of para-hydroxylation sites is 1. The first-order valence-electron chi connectivity index (χ1n) is 12.6. The number of pyridine rings is 3. The van der Waals surface area contributed by atoms with Crippen molar-refractivity contribution in [1.82, 2.24) is 19.1 Å². The van der Waals surface area contributed by atoms with Crippen molar-refractivity contribution in [3.8, 4) is 29.0 Å². The molecule has 0 saturated heterocycles. The van der Waals surface area contributed by atoms with Crippen LogP contribution in [0.25, 0.3) is 22.2 Å². The van der Waals surface area contributed by atoms with E-state index in [1.165, 1.54) is 10.6 Å². The molecule has 0 fully saturated rings. The minimum atomic E-state index is -0.893. The van der Waals surface area contributed by atoms with Crippen LogP contribution in [0.3, 0.4) is 0 Å². The summed E-state index contributed by atoms with van der Waals surface area (Å²) in [4.78, 5) is 33.4. The van der Waals surface area contributed by atoms with E-state index in [1.54, 1.807) is 36.0 Å². The number of nitrogens with zero attached hydrogens (tertiary/aromatic N) is 5. The molecule has 41 heavy (non-hydrogen) atoms. The van der Waals surface area contributed by atoms with Gasteiger partial charge in [0.05, 0.1) is 23.0 Å². The number of halogens is 1. The third-order valence-corrected chi connectivity index (χ3v) is 6.94. The zero-order chi connectivity index (χ0) is 29.3. The minimum absolute atomic E-state index is 0.0450. The standard InChI is InChI=1S/C30H25ClN6O4/c1-17-12-21(25-9-10-27(36(25)3)41-30(33)39)20-7-4-8-26(28(20)35-17)40-16-22-23(31)13-18(2)34-24(22)15-37-11-5-6-19(14-32)29(37)38/h4-13H,15-16H2,1-3H3,(H2,33,39). The maximum atomic E-state index is 12.7. The van der Waals surface area contributed by atoms with E-state index >= 15 is 0 Å². The lowest BCUT2D eigenvalue weighted by molar-refractivity contribution is 0.207. The molecule has 0 bridgehead atoms. The Labute approximate surface area is 240 Å². The quantitative estimate of drug-likeness (QED) is 0.291. The molecule has 5 aromatic rings. The van der Waals surface area contributed by atoms with Gasteiger partial charge >= 0.3 is 6.09 Å². The third-order valence-electron chi connectivity index (χ3n) is 6.60. The average molecular weight is 569 g/mol. The SMILES string of the molecule is Cc1cc(Cl)c(COc2cccc3c(-c4ccc(OC(N)=O)n4C)cc(C)nc23)c(Cn2cccc(C#N)c2=O)n1. The number of benzene rings is 1. The summed E-state index contributed by atoms with van der Waals surface area (Å²) in [5.74, 6) is 0.845. The number of nitrogens with two attached hydrogens (primary N) is 1. The number of amides is 1. The third kappa shape index (κ3) is 5.48. The van der Waals surface area contributed by atoms with Crippen molar-refractivity contribution in [3.63, 3.8) is 0 Å². The Kier molecular flexibility index (Phi) is 7.46. The number of carbonyl (C=O) groups is 1. The van der Waals surface area contributed by atoms with Crippen molar-refractivity contribution in [2.24, 2.45) is 12.8 Å². The second-order valence-electron chi connectivity index (χ2n) is 9.43. The molecule has 0 spiro atoms. The number of aryl methyl sites for hydroxylation is 2. The van der Waals surface area contributed by atoms with E-state index < -0.39 is 11.7 Å². The molecule has 4 heterocycles. The van der Waals surface area contributed by atoms with Gasteiger partial charge in [0.15, 0.2) is 0 Å². The van der Waals surface area contributed by atoms with Gasteiger partial charge in [0.1, 0.15) is 29.5 Å². The van der Waals surface area contributed by atoms with Crippen molar-refractivity contribution >= 4 is 28.6 Å². The van der Waals surface area contributed by atoms with E-state index in [4.69, 9.17) is 31.8 Å². The Morgan fingerprint density at radius 2 is 1.88 bits per heavy atom. The number of rotatable bonds is 7. The molecule has 1 aromatic carbocycles. The number of hydrogen-bond acceptors (Lipinski definition) is 7. The van der Waals surface area contributed by atoms with E-state index in [2.05, 4.69) is 4.98 Å². The molecule has 10 nitrogen and oxygen atoms in total. The van der Waals surface area contributed by atoms with Gasteiger partial charge in [-0.3, -0.25) is 9.78 Å². The molecule has 0 aliphatic heterocycles. The predicted molar refractivity (Wildman–Crippen MR) is 154 cm³/mol. The lowest BCUT2D eigenvalue weighted by Gasteiger charge is -2.16.